The van der Waals surface area contributed by atoms with Crippen LogP contribution in [0.15, 0.2) is 48.5 Å². The highest BCUT2D eigenvalue weighted by atomic mass is 32.1. The van der Waals surface area contributed by atoms with Gasteiger partial charge in [-0.15, -0.1) is 0 Å². The molecule has 1 heterocycles. The van der Waals surface area contributed by atoms with Gasteiger partial charge in [-0.3, -0.25) is 4.79 Å². The maximum Gasteiger partial charge on any atom is 0.242 e. The SMILES string of the molecule is COc1ccccc1CNC(=O)[C@H](C)Nc1nc2ccccc2s1. The van der Waals surface area contributed by atoms with E-state index >= 15 is 0 Å². The van der Waals surface area contributed by atoms with Gasteiger partial charge in [0.05, 0.1) is 17.3 Å². The zero-order valence-electron chi connectivity index (χ0n) is 13.6. The number of amides is 1. The molecule has 1 atom stereocenters. The van der Waals surface area contributed by atoms with Crippen LogP contribution >= 0.6 is 11.3 Å². The number of nitrogens with one attached hydrogen (secondary N) is 2. The minimum Gasteiger partial charge on any atom is -0.496 e. The molecule has 3 aromatic rings. The number of thiazole rings is 1. The molecule has 1 amide bonds. The number of fused-ring (bicyclic) bond motifs is 1. The molecule has 0 aliphatic heterocycles. The van der Waals surface area contributed by atoms with Gasteiger partial charge in [0.25, 0.3) is 0 Å². The van der Waals surface area contributed by atoms with Crippen molar-refractivity contribution in [2.45, 2.75) is 19.5 Å². The molecule has 0 saturated heterocycles. The van der Waals surface area contributed by atoms with Crippen molar-refractivity contribution >= 4 is 32.6 Å². The van der Waals surface area contributed by atoms with E-state index in [1.165, 1.54) is 0 Å². The summed E-state index contributed by atoms with van der Waals surface area (Å²) in [5, 5.41) is 6.83. The summed E-state index contributed by atoms with van der Waals surface area (Å²) in [4.78, 5) is 16.8. The van der Waals surface area contributed by atoms with Gasteiger partial charge < -0.3 is 15.4 Å². The average Bonchev–Trinajstić information content (AvgIpc) is 3.02. The predicted molar refractivity (Wildman–Crippen MR) is 97.5 cm³/mol. The number of methoxy groups -OCH3 is 1. The number of rotatable bonds is 6. The van der Waals surface area contributed by atoms with E-state index in [2.05, 4.69) is 15.6 Å². The highest BCUT2D eigenvalue weighted by molar-refractivity contribution is 7.22. The second kappa shape index (κ2) is 7.31. The normalized spacial score (nSPS) is 11.9. The Morgan fingerprint density at radius 3 is 2.75 bits per heavy atom. The quantitative estimate of drug-likeness (QED) is 0.721. The highest BCUT2D eigenvalue weighted by Gasteiger charge is 2.15. The first-order valence-corrected chi connectivity index (χ1v) is 8.50. The minimum atomic E-state index is -0.375. The zero-order chi connectivity index (χ0) is 16.9. The minimum absolute atomic E-state index is 0.0832. The molecule has 0 bridgehead atoms. The Kier molecular flexibility index (Phi) is 4.96. The maximum absolute atomic E-state index is 12.3. The molecule has 0 spiro atoms. The molecule has 1 aromatic heterocycles. The van der Waals surface area contributed by atoms with E-state index in [0.717, 1.165) is 26.7 Å². The number of ether oxygens (including phenoxy) is 1. The summed E-state index contributed by atoms with van der Waals surface area (Å²) in [5.74, 6) is 0.685. The molecule has 2 N–H and O–H groups in total. The molecule has 24 heavy (non-hydrogen) atoms. The van der Waals surface area contributed by atoms with Gasteiger partial charge in [0.1, 0.15) is 11.8 Å². The molecule has 0 aliphatic rings. The van der Waals surface area contributed by atoms with E-state index in [1.807, 2.05) is 55.5 Å². The van der Waals surface area contributed by atoms with Gasteiger partial charge in [-0.1, -0.05) is 41.7 Å². The fourth-order valence-electron chi connectivity index (χ4n) is 2.37. The van der Waals surface area contributed by atoms with Gasteiger partial charge in [-0.2, -0.15) is 0 Å². The summed E-state index contributed by atoms with van der Waals surface area (Å²) in [7, 11) is 1.62. The Balaban J connectivity index is 1.60. The number of hydrogen-bond acceptors (Lipinski definition) is 5. The van der Waals surface area contributed by atoms with E-state index in [1.54, 1.807) is 18.4 Å². The number of aromatic nitrogens is 1. The Bertz CT molecular complexity index is 814. The van der Waals surface area contributed by atoms with E-state index in [0.29, 0.717) is 6.54 Å². The molecule has 6 heteroatoms. The third kappa shape index (κ3) is 3.65. The van der Waals surface area contributed by atoms with Crippen molar-refractivity contribution in [3.05, 3.63) is 54.1 Å². The molecule has 3 rings (SSSR count). The van der Waals surface area contributed by atoms with Crippen molar-refractivity contribution in [2.75, 3.05) is 12.4 Å². The molecular formula is C18H19N3O2S. The lowest BCUT2D eigenvalue weighted by Gasteiger charge is -2.14. The fourth-order valence-corrected chi connectivity index (χ4v) is 3.32. The van der Waals surface area contributed by atoms with Crippen LogP contribution in [0.4, 0.5) is 5.13 Å². The lowest BCUT2D eigenvalue weighted by atomic mass is 10.2. The molecule has 0 saturated carbocycles. The van der Waals surface area contributed by atoms with Crippen molar-refractivity contribution < 1.29 is 9.53 Å². The summed E-state index contributed by atoms with van der Waals surface area (Å²) in [6.45, 7) is 2.25. The van der Waals surface area contributed by atoms with Crippen molar-refractivity contribution in [2.24, 2.45) is 0 Å². The summed E-state index contributed by atoms with van der Waals surface area (Å²) >= 11 is 1.54. The lowest BCUT2D eigenvalue weighted by Crippen LogP contribution is -2.37. The number of carbonyl (C=O) groups is 1. The number of nitrogens with zero attached hydrogens (tertiary/aromatic N) is 1. The van der Waals surface area contributed by atoms with Gasteiger partial charge >= 0.3 is 0 Å². The van der Waals surface area contributed by atoms with Gasteiger partial charge in [0.15, 0.2) is 5.13 Å². The van der Waals surface area contributed by atoms with Crippen LogP contribution in [0, 0.1) is 0 Å². The second-order valence-electron chi connectivity index (χ2n) is 5.38. The van der Waals surface area contributed by atoms with Crippen LogP contribution < -0.4 is 15.4 Å². The average molecular weight is 341 g/mol. The predicted octanol–water partition coefficient (Wildman–Crippen LogP) is 3.42. The first-order chi connectivity index (χ1) is 11.7. The molecule has 124 valence electrons. The summed E-state index contributed by atoms with van der Waals surface area (Å²) in [5.41, 5.74) is 1.88. The largest absolute Gasteiger partial charge is 0.496 e. The van der Waals surface area contributed by atoms with Crippen LogP contribution in [0.5, 0.6) is 5.75 Å². The van der Waals surface area contributed by atoms with Crippen LogP contribution in [-0.2, 0) is 11.3 Å². The first-order valence-electron chi connectivity index (χ1n) is 7.69. The van der Waals surface area contributed by atoms with E-state index in [4.69, 9.17) is 4.74 Å². The molecule has 0 radical (unpaired) electrons. The first kappa shape index (κ1) is 16.3. The van der Waals surface area contributed by atoms with Crippen molar-refractivity contribution in [1.82, 2.24) is 10.3 Å². The Morgan fingerprint density at radius 1 is 1.21 bits per heavy atom. The Labute approximate surface area is 144 Å². The van der Waals surface area contributed by atoms with Crippen molar-refractivity contribution in [3.63, 3.8) is 0 Å². The van der Waals surface area contributed by atoms with Gasteiger partial charge in [0, 0.05) is 12.1 Å². The third-order valence-electron chi connectivity index (χ3n) is 3.67. The molecule has 0 unspecified atom stereocenters. The Hall–Kier alpha value is -2.60. The molecule has 0 fully saturated rings. The van der Waals surface area contributed by atoms with Gasteiger partial charge in [-0.25, -0.2) is 4.98 Å². The van der Waals surface area contributed by atoms with Crippen LogP contribution in [0.3, 0.4) is 0 Å². The summed E-state index contributed by atoms with van der Waals surface area (Å²) in [6, 6.07) is 15.2. The maximum atomic E-state index is 12.3. The molecule has 5 nitrogen and oxygen atoms in total. The van der Waals surface area contributed by atoms with Crippen molar-refractivity contribution in [3.8, 4) is 5.75 Å². The number of carbonyl (C=O) groups excluding carboxylic acids is 1. The highest BCUT2D eigenvalue weighted by Crippen LogP contribution is 2.25. The van der Waals surface area contributed by atoms with Crippen LogP contribution in [0.25, 0.3) is 10.2 Å². The van der Waals surface area contributed by atoms with Gasteiger partial charge in [0.2, 0.25) is 5.91 Å². The Morgan fingerprint density at radius 2 is 1.96 bits per heavy atom. The molecule has 0 aliphatic carbocycles. The lowest BCUT2D eigenvalue weighted by molar-refractivity contribution is -0.121. The topological polar surface area (TPSA) is 63.2 Å². The van der Waals surface area contributed by atoms with Crippen LogP contribution in [0.2, 0.25) is 0 Å². The van der Waals surface area contributed by atoms with Crippen LogP contribution in [0.1, 0.15) is 12.5 Å². The smallest absolute Gasteiger partial charge is 0.242 e. The fraction of sp³-hybridized carbons (Fsp3) is 0.222. The number of para-hydroxylation sites is 2. The molecular weight excluding hydrogens is 322 g/mol. The van der Waals surface area contributed by atoms with Crippen LogP contribution in [-0.4, -0.2) is 24.0 Å². The summed E-state index contributed by atoms with van der Waals surface area (Å²) < 4.78 is 6.39. The standard InChI is InChI=1S/C18H19N3O2S/c1-12(20-18-21-14-8-4-6-10-16(14)24-18)17(22)19-11-13-7-3-5-9-15(13)23-2/h3-10,12H,11H2,1-2H3,(H,19,22)(H,20,21)/t12-/m0/s1. The summed E-state index contributed by atoms with van der Waals surface area (Å²) in [6.07, 6.45) is 0. The zero-order valence-corrected chi connectivity index (χ0v) is 14.4. The van der Waals surface area contributed by atoms with E-state index in [9.17, 15) is 4.79 Å². The monoisotopic (exact) mass is 341 g/mol. The van der Waals surface area contributed by atoms with Gasteiger partial charge in [-0.05, 0) is 25.1 Å². The van der Waals surface area contributed by atoms with E-state index in [-0.39, 0.29) is 11.9 Å². The third-order valence-corrected chi connectivity index (χ3v) is 4.64. The molecule has 2 aromatic carbocycles. The number of benzene rings is 2. The number of hydrogen-bond donors (Lipinski definition) is 2. The second-order valence-corrected chi connectivity index (χ2v) is 6.41. The van der Waals surface area contributed by atoms with E-state index < -0.39 is 0 Å². The number of anilines is 1. The van der Waals surface area contributed by atoms with Crippen molar-refractivity contribution in [1.29, 1.82) is 0 Å².